The van der Waals surface area contributed by atoms with Crippen molar-refractivity contribution in [3.63, 3.8) is 0 Å². The molecular formula is C21H30N4O4. The number of carbonyl (C=O) groups is 1. The number of likely N-dealkylation sites (tertiary alicyclic amines) is 1. The second-order valence-corrected chi connectivity index (χ2v) is 8.31. The Kier molecular flexibility index (Phi) is 6.01. The largest absolute Gasteiger partial charge is 0.378 e. The van der Waals surface area contributed by atoms with E-state index in [4.69, 9.17) is 4.74 Å². The Bertz CT molecular complexity index is 757. The molecule has 0 spiro atoms. The summed E-state index contributed by atoms with van der Waals surface area (Å²) in [6.45, 7) is 7.16. The van der Waals surface area contributed by atoms with Crippen molar-refractivity contribution < 1.29 is 14.5 Å². The zero-order valence-corrected chi connectivity index (χ0v) is 17.1. The van der Waals surface area contributed by atoms with Gasteiger partial charge in [-0.2, -0.15) is 0 Å². The van der Waals surface area contributed by atoms with E-state index in [-0.39, 0.29) is 16.5 Å². The number of benzene rings is 1. The molecule has 1 aromatic carbocycles. The summed E-state index contributed by atoms with van der Waals surface area (Å²) in [5, 5.41) is 11.8. The maximum atomic E-state index is 12.7. The molecule has 3 heterocycles. The highest BCUT2D eigenvalue weighted by Gasteiger charge is 2.32. The molecule has 1 unspecified atom stereocenters. The zero-order valence-electron chi connectivity index (χ0n) is 17.1. The van der Waals surface area contributed by atoms with Crippen LogP contribution in [0.25, 0.3) is 0 Å². The molecule has 3 aliphatic heterocycles. The summed E-state index contributed by atoms with van der Waals surface area (Å²) < 4.78 is 5.29. The molecule has 1 amide bonds. The molecule has 1 atom stereocenters. The molecule has 8 nitrogen and oxygen atoms in total. The topological polar surface area (TPSA) is 79.2 Å². The minimum Gasteiger partial charge on any atom is -0.378 e. The Hall–Kier alpha value is -2.19. The lowest BCUT2D eigenvalue weighted by Crippen LogP contribution is -2.46. The molecular weight excluding hydrogens is 372 g/mol. The molecule has 1 aromatic rings. The van der Waals surface area contributed by atoms with Crippen LogP contribution in [0, 0.1) is 10.1 Å². The number of hydrogen-bond acceptors (Lipinski definition) is 6. The fourth-order valence-electron chi connectivity index (χ4n) is 4.96. The Morgan fingerprint density at radius 2 is 1.83 bits per heavy atom. The van der Waals surface area contributed by atoms with Gasteiger partial charge in [0, 0.05) is 49.9 Å². The van der Waals surface area contributed by atoms with Gasteiger partial charge in [0.1, 0.15) is 5.69 Å². The van der Waals surface area contributed by atoms with Gasteiger partial charge in [-0.3, -0.25) is 19.8 Å². The van der Waals surface area contributed by atoms with Crippen LogP contribution in [0.4, 0.5) is 11.4 Å². The first-order valence-corrected chi connectivity index (χ1v) is 10.7. The number of carbonyl (C=O) groups excluding carboxylic acids is 1. The molecule has 4 rings (SSSR count). The van der Waals surface area contributed by atoms with Gasteiger partial charge >= 0.3 is 0 Å². The molecule has 3 aliphatic rings. The maximum absolute atomic E-state index is 12.7. The van der Waals surface area contributed by atoms with Crippen LogP contribution < -0.4 is 4.90 Å². The summed E-state index contributed by atoms with van der Waals surface area (Å²) in [4.78, 5) is 30.5. The highest BCUT2D eigenvalue weighted by atomic mass is 16.6. The molecule has 8 heteroatoms. The predicted molar refractivity (Wildman–Crippen MR) is 110 cm³/mol. The molecule has 0 bridgehead atoms. The van der Waals surface area contributed by atoms with Crippen molar-refractivity contribution in [3.05, 3.63) is 33.9 Å². The van der Waals surface area contributed by atoms with Gasteiger partial charge in [0.05, 0.1) is 18.1 Å². The smallest absolute Gasteiger partial charge is 0.293 e. The van der Waals surface area contributed by atoms with E-state index < -0.39 is 0 Å². The van der Waals surface area contributed by atoms with E-state index in [9.17, 15) is 14.9 Å². The third-order valence-corrected chi connectivity index (χ3v) is 6.60. The van der Waals surface area contributed by atoms with E-state index in [1.54, 1.807) is 17.0 Å². The van der Waals surface area contributed by atoms with E-state index in [0.717, 1.165) is 25.9 Å². The van der Waals surface area contributed by atoms with Crippen LogP contribution in [0.3, 0.4) is 0 Å². The van der Waals surface area contributed by atoms with Crippen molar-refractivity contribution in [3.8, 4) is 0 Å². The third-order valence-electron chi connectivity index (χ3n) is 6.60. The summed E-state index contributed by atoms with van der Waals surface area (Å²) in [5.74, 6) is -0.162. The van der Waals surface area contributed by atoms with Crippen molar-refractivity contribution in [2.75, 3.05) is 50.8 Å². The lowest BCUT2D eigenvalue weighted by molar-refractivity contribution is -0.384. The number of morpholine rings is 1. The number of piperidine rings is 1. The number of nitrogens with zero attached hydrogens (tertiary/aromatic N) is 4. The molecule has 0 saturated carbocycles. The molecule has 3 fully saturated rings. The van der Waals surface area contributed by atoms with E-state index in [1.165, 1.54) is 25.5 Å². The van der Waals surface area contributed by atoms with E-state index in [1.807, 2.05) is 0 Å². The summed E-state index contributed by atoms with van der Waals surface area (Å²) in [6, 6.07) is 6.15. The standard InChI is InChI=1S/C21H30N4O4/c1-16-3-2-8-24(16)18-6-9-22(10-7-18)19-5-4-17(15-20(19)25(27)28)21(26)23-11-13-29-14-12-23/h4-5,15-16,18H,2-3,6-14H2,1H3. The first kappa shape index (κ1) is 20.1. The van der Waals surface area contributed by atoms with Crippen molar-refractivity contribution in [2.45, 2.75) is 44.7 Å². The van der Waals surface area contributed by atoms with Crippen LogP contribution in [0.15, 0.2) is 18.2 Å². The summed E-state index contributed by atoms with van der Waals surface area (Å²) in [6.07, 6.45) is 4.59. The highest BCUT2D eigenvalue weighted by Crippen LogP contribution is 2.33. The quantitative estimate of drug-likeness (QED) is 0.569. The van der Waals surface area contributed by atoms with Crippen molar-refractivity contribution in [1.29, 1.82) is 0 Å². The van der Waals surface area contributed by atoms with Crippen LogP contribution in [0.5, 0.6) is 0 Å². The number of ether oxygens (including phenoxy) is 1. The Morgan fingerprint density at radius 1 is 1.10 bits per heavy atom. The van der Waals surface area contributed by atoms with Gasteiger partial charge in [0.2, 0.25) is 0 Å². The zero-order chi connectivity index (χ0) is 20.4. The van der Waals surface area contributed by atoms with Crippen LogP contribution in [0.2, 0.25) is 0 Å². The lowest BCUT2D eigenvalue weighted by Gasteiger charge is -2.39. The molecule has 29 heavy (non-hydrogen) atoms. The first-order valence-electron chi connectivity index (χ1n) is 10.7. The van der Waals surface area contributed by atoms with Crippen molar-refractivity contribution in [2.24, 2.45) is 0 Å². The molecule has 0 aliphatic carbocycles. The maximum Gasteiger partial charge on any atom is 0.293 e. The number of hydrogen-bond donors (Lipinski definition) is 0. The second kappa shape index (κ2) is 8.67. The highest BCUT2D eigenvalue weighted by molar-refractivity contribution is 5.96. The SMILES string of the molecule is CC1CCCN1C1CCN(c2ccc(C(=O)N3CCOCC3)cc2[N+](=O)[O-])CC1. The number of anilines is 1. The van der Waals surface area contributed by atoms with Gasteiger partial charge in [0.25, 0.3) is 11.6 Å². The number of amides is 1. The number of rotatable bonds is 4. The molecule has 0 aromatic heterocycles. The number of nitro benzene ring substituents is 1. The van der Waals surface area contributed by atoms with E-state index in [0.29, 0.717) is 49.6 Å². The van der Waals surface area contributed by atoms with Gasteiger partial charge in [-0.1, -0.05) is 0 Å². The van der Waals surface area contributed by atoms with E-state index in [2.05, 4.69) is 16.7 Å². The molecule has 0 N–H and O–H groups in total. The van der Waals surface area contributed by atoms with Crippen LogP contribution in [-0.4, -0.2) is 78.7 Å². The average molecular weight is 402 g/mol. The van der Waals surface area contributed by atoms with Gasteiger partial charge in [-0.05, 0) is 51.3 Å². The van der Waals surface area contributed by atoms with Gasteiger partial charge in [-0.25, -0.2) is 0 Å². The Balaban J connectivity index is 1.47. The summed E-state index contributed by atoms with van der Waals surface area (Å²) in [7, 11) is 0. The second-order valence-electron chi connectivity index (χ2n) is 8.31. The predicted octanol–water partition coefficient (Wildman–Crippen LogP) is 2.52. The van der Waals surface area contributed by atoms with Gasteiger partial charge in [-0.15, -0.1) is 0 Å². The van der Waals surface area contributed by atoms with Crippen LogP contribution in [-0.2, 0) is 4.74 Å². The fraction of sp³-hybridized carbons (Fsp3) is 0.667. The monoisotopic (exact) mass is 402 g/mol. The number of nitro groups is 1. The molecule has 3 saturated heterocycles. The Labute approximate surface area is 171 Å². The molecule has 158 valence electrons. The summed E-state index contributed by atoms with van der Waals surface area (Å²) in [5.41, 5.74) is 1.03. The normalized spacial score (nSPS) is 24.1. The third kappa shape index (κ3) is 4.23. The van der Waals surface area contributed by atoms with Crippen LogP contribution >= 0.6 is 0 Å². The minimum atomic E-state index is -0.361. The Morgan fingerprint density at radius 3 is 2.45 bits per heavy atom. The van der Waals surface area contributed by atoms with Crippen molar-refractivity contribution >= 4 is 17.3 Å². The van der Waals surface area contributed by atoms with Gasteiger partial charge in [0.15, 0.2) is 0 Å². The average Bonchev–Trinajstić information content (AvgIpc) is 3.19. The van der Waals surface area contributed by atoms with Gasteiger partial charge < -0.3 is 14.5 Å². The van der Waals surface area contributed by atoms with Crippen molar-refractivity contribution in [1.82, 2.24) is 9.80 Å². The first-order chi connectivity index (χ1) is 14.0. The fourth-order valence-corrected chi connectivity index (χ4v) is 4.96. The van der Waals surface area contributed by atoms with E-state index >= 15 is 0 Å². The molecule has 0 radical (unpaired) electrons. The van der Waals surface area contributed by atoms with Crippen LogP contribution in [0.1, 0.15) is 43.0 Å². The lowest BCUT2D eigenvalue weighted by atomic mass is 10.0. The summed E-state index contributed by atoms with van der Waals surface area (Å²) >= 11 is 0. The minimum absolute atomic E-state index is 0.0251.